The Hall–Kier alpha value is -1.91. The van der Waals surface area contributed by atoms with Gasteiger partial charge in [-0.25, -0.2) is 0 Å². The number of hydrogen-bond acceptors (Lipinski definition) is 3. The topological polar surface area (TPSA) is 62.3 Å². The fraction of sp³-hybridized carbons (Fsp3) is 0.533. The molecule has 1 spiro atoms. The number of nitrogens with zero attached hydrogens (tertiary/aromatic N) is 2. The zero-order chi connectivity index (χ0) is 14.2. The molecule has 0 bridgehead atoms. The summed E-state index contributed by atoms with van der Waals surface area (Å²) in [5, 5.41) is 2.94. The summed E-state index contributed by atoms with van der Waals surface area (Å²) in [5.41, 5.74) is 0.368. The van der Waals surface area contributed by atoms with Gasteiger partial charge in [-0.2, -0.15) is 0 Å². The van der Waals surface area contributed by atoms with Gasteiger partial charge in [0.15, 0.2) is 0 Å². The highest BCUT2D eigenvalue weighted by Gasteiger charge is 2.49. The first-order valence-corrected chi connectivity index (χ1v) is 7.14. The summed E-state index contributed by atoms with van der Waals surface area (Å²) in [6, 6.07) is 3.69. The summed E-state index contributed by atoms with van der Waals surface area (Å²) >= 11 is 0. The van der Waals surface area contributed by atoms with Crippen molar-refractivity contribution >= 4 is 11.8 Å². The minimum absolute atomic E-state index is 0.0487. The fourth-order valence-corrected chi connectivity index (χ4v) is 3.31. The second-order valence-electron chi connectivity index (χ2n) is 5.73. The normalized spacial score (nSPS) is 22.9. The van der Waals surface area contributed by atoms with Crippen molar-refractivity contribution in [1.29, 1.82) is 0 Å². The van der Waals surface area contributed by atoms with E-state index in [1.807, 2.05) is 19.1 Å². The van der Waals surface area contributed by atoms with E-state index in [2.05, 4.69) is 10.3 Å². The Bertz CT molecular complexity index is 523. The van der Waals surface area contributed by atoms with Crippen molar-refractivity contribution in [3.63, 3.8) is 0 Å². The molecule has 2 aliphatic rings. The molecule has 20 heavy (non-hydrogen) atoms. The van der Waals surface area contributed by atoms with Crippen LogP contribution in [0.3, 0.4) is 0 Å². The van der Waals surface area contributed by atoms with Gasteiger partial charge in [-0.3, -0.25) is 14.6 Å². The Morgan fingerprint density at radius 1 is 1.25 bits per heavy atom. The molecule has 1 saturated carbocycles. The van der Waals surface area contributed by atoms with Crippen LogP contribution in [0.4, 0.5) is 0 Å². The van der Waals surface area contributed by atoms with Gasteiger partial charge in [-0.1, -0.05) is 12.8 Å². The number of nitrogens with one attached hydrogen (secondary N) is 1. The van der Waals surface area contributed by atoms with Crippen LogP contribution in [0.2, 0.25) is 0 Å². The van der Waals surface area contributed by atoms with Crippen LogP contribution in [0.5, 0.6) is 0 Å². The number of amides is 2. The lowest BCUT2D eigenvalue weighted by Gasteiger charge is -2.42. The number of rotatable bonds is 2. The van der Waals surface area contributed by atoms with Crippen LogP contribution in [-0.2, 0) is 9.59 Å². The fourth-order valence-electron chi connectivity index (χ4n) is 3.31. The molecule has 1 aliphatic heterocycles. The predicted molar refractivity (Wildman–Crippen MR) is 73.7 cm³/mol. The zero-order valence-corrected chi connectivity index (χ0v) is 11.6. The van der Waals surface area contributed by atoms with Crippen molar-refractivity contribution in [2.75, 3.05) is 6.54 Å². The molecule has 2 heterocycles. The molecule has 0 radical (unpaired) electrons. The maximum atomic E-state index is 12.8. The number of hydrogen-bond donors (Lipinski definition) is 1. The molecule has 5 nitrogen and oxygen atoms in total. The van der Waals surface area contributed by atoms with Crippen molar-refractivity contribution in [2.24, 2.45) is 0 Å². The molecular formula is C15H19N3O2. The molecule has 1 unspecified atom stereocenters. The summed E-state index contributed by atoms with van der Waals surface area (Å²) in [7, 11) is 0. The van der Waals surface area contributed by atoms with Crippen molar-refractivity contribution in [3.05, 3.63) is 30.1 Å². The molecule has 2 amide bonds. The summed E-state index contributed by atoms with van der Waals surface area (Å²) < 4.78 is 0. The van der Waals surface area contributed by atoms with E-state index in [4.69, 9.17) is 0 Å². The standard InChI is InChI=1S/C15H19N3O2/c1-11(12-4-8-16-9-5-12)18-10-13(19)17-15(14(18)20)6-2-3-7-15/h4-5,8-9,11H,2-3,6-7,10H2,1H3,(H,17,19). The van der Waals surface area contributed by atoms with E-state index in [-0.39, 0.29) is 24.4 Å². The lowest BCUT2D eigenvalue weighted by molar-refractivity contribution is -0.152. The number of carbonyl (C=O) groups excluding carboxylic acids is 2. The molecule has 5 heteroatoms. The Kier molecular flexibility index (Phi) is 3.20. The SMILES string of the molecule is CC(c1ccncc1)N1CC(=O)NC2(CCCC2)C1=O. The Labute approximate surface area is 118 Å². The van der Waals surface area contributed by atoms with Gasteiger partial charge in [0.25, 0.3) is 0 Å². The van der Waals surface area contributed by atoms with E-state index < -0.39 is 5.54 Å². The van der Waals surface area contributed by atoms with E-state index in [0.717, 1.165) is 31.2 Å². The molecule has 3 rings (SSSR count). The van der Waals surface area contributed by atoms with Crippen molar-refractivity contribution in [2.45, 2.75) is 44.2 Å². The Balaban J connectivity index is 1.88. The third-order valence-electron chi connectivity index (χ3n) is 4.48. The van der Waals surface area contributed by atoms with Gasteiger partial charge >= 0.3 is 0 Å². The minimum Gasteiger partial charge on any atom is -0.340 e. The summed E-state index contributed by atoms with van der Waals surface area (Å²) in [6.45, 7) is 2.11. The molecule has 1 aromatic heterocycles. The van der Waals surface area contributed by atoms with Crippen LogP contribution in [0, 0.1) is 0 Å². The summed E-state index contributed by atoms with van der Waals surface area (Å²) in [6.07, 6.45) is 6.96. The monoisotopic (exact) mass is 273 g/mol. The summed E-state index contributed by atoms with van der Waals surface area (Å²) in [5.74, 6) is 0.0197. The second-order valence-corrected chi connectivity index (χ2v) is 5.73. The van der Waals surface area contributed by atoms with Crippen LogP contribution < -0.4 is 5.32 Å². The van der Waals surface area contributed by atoms with Gasteiger partial charge in [0, 0.05) is 12.4 Å². The lowest BCUT2D eigenvalue weighted by atomic mass is 9.91. The van der Waals surface area contributed by atoms with Gasteiger partial charge in [-0.05, 0) is 37.5 Å². The van der Waals surface area contributed by atoms with Gasteiger partial charge in [-0.15, -0.1) is 0 Å². The Morgan fingerprint density at radius 2 is 1.90 bits per heavy atom. The first-order chi connectivity index (χ1) is 9.62. The van der Waals surface area contributed by atoms with Gasteiger partial charge in [0.05, 0.1) is 6.04 Å². The maximum Gasteiger partial charge on any atom is 0.249 e. The first-order valence-electron chi connectivity index (χ1n) is 7.14. The zero-order valence-electron chi connectivity index (χ0n) is 11.6. The molecular weight excluding hydrogens is 254 g/mol. The smallest absolute Gasteiger partial charge is 0.249 e. The van der Waals surface area contributed by atoms with Crippen LogP contribution in [0.15, 0.2) is 24.5 Å². The van der Waals surface area contributed by atoms with Crippen LogP contribution >= 0.6 is 0 Å². The third-order valence-corrected chi connectivity index (χ3v) is 4.48. The van der Waals surface area contributed by atoms with Crippen molar-refractivity contribution < 1.29 is 9.59 Å². The maximum absolute atomic E-state index is 12.8. The molecule has 1 aromatic rings. The van der Waals surface area contributed by atoms with Crippen molar-refractivity contribution in [3.8, 4) is 0 Å². The van der Waals surface area contributed by atoms with Gasteiger partial charge < -0.3 is 10.2 Å². The highest BCUT2D eigenvalue weighted by molar-refractivity contribution is 5.98. The number of piperazine rings is 1. The average molecular weight is 273 g/mol. The molecule has 1 saturated heterocycles. The van der Waals surface area contributed by atoms with Crippen LogP contribution in [-0.4, -0.2) is 33.8 Å². The largest absolute Gasteiger partial charge is 0.340 e. The van der Waals surface area contributed by atoms with Crippen LogP contribution in [0.1, 0.15) is 44.2 Å². The molecule has 1 N–H and O–H groups in total. The summed E-state index contributed by atoms with van der Waals surface area (Å²) in [4.78, 5) is 30.5. The highest BCUT2D eigenvalue weighted by Crippen LogP contribution is 2.35. The van der Waals surface area contributed by atoms with Gasteiger partial charge in [0.2, 0.25) is 11.8 Å². The number of pyridine rings is 1. The van der Waals surface area contributed by atoms with E-state index in [1.165, 1.54) is 0 Å². The van der Waals surface area contributed by atoms with Crippen LogP contribution in [0.25, 0.3) is 0 Å². The second kappa shape index (κ2) is 4.89. The van der Waals surface area contributed by atoms with E-state index >= 15 is 0 Å². The quantitative estimate of drug-likeness (QED) is 0.886. The third kappa shape index (κ3) is 2.07. The molecule has 0 aromatic carbocycles. The van der Waals surface area contributed by atoms with E-state index in [9.17, 15) is 9.59 Å². The van der Waals surface area contributed by atoms with E-state index in [0.29, 0.717) is 0 Å². The van der Waals surface area contributed by atoms with Gasteiger partial charge in [0.1, 0.15) is 12.1 Å². The average Bonchev–Trinajstić information content (AvgIpc) is 2.92. The highest BCUT2D eigenvalue weighted by atomic mass is 16.2. The molecule has 106 valence electrons. The number of carbonyl (C=O) groups is 2. The minimum atomic E-state index is -0.642. The molecule has 1 atom stereocenters. The first kappa shape index (κ1) is 13.1. The lowest BCUT2D eigenvalue weighted by Crippen LogP contribution is -2.65. The van der Waals surface area contributed by atoms with Crippen molar-refractivity contribution in [1.82, 2.24) is 15.2 Å². The molecule has 1 aliphatic carbocycles. The Morgan fingerprint density at radius 3 is 2.55 bits per heavy atom. The van der Waals surface area contributed by atoms with E-state index in [1.54, 1.807) is 17.3 Å². The predicted octanol–water partition coefficient (Wildman–Crippen LogP) is 1.41. The molecule has 2 fully saturated rings. The number of aromatic nitrogens is 1.